The van der Waals surface area contributed by atoms with Gasteiger partial charge in [-0.3, -0.25) is 5.43 Å². The van der Waals surface area contributed by atoms with Crippen LogP contribution in [0.3, 0.4) is 0 Å². The second kappa shape index (κ2) is 4.66. The maximum atomic E-state index is 3.70. The number of rotatable bonds is 3. The second-order valence-electron chi connectivity index (χ2n) is 6.06. The number of nitrogens with zero attached hydrogens (tertiary/aromatic N) is 1. The predicted octanol–water partition coefficient (Wildman–Crippen LogP) is 2.94. The lowest BCUT2D eigenvalue weighted by Crippen LogP contribution is -2.44. The molecule has 2 aliphatic carbocycles. The molecule has 3 aliphatic rings. The molecule has 3 rings (SSSR count). The number of nitrogens with one attached hydrogen (secondary N) is 1. The Labute approximate surface area is 99.7 Å². The fourth-order valence-corrected chi connectivity index (χ4v) is 3.87. The highest BCUT2D eigenvalue weighted by molar-refractivity contribution is 4.97. The van der Waals surface area contributed by atoms with Crippen molar-refractivity contribution in [3.8, 4) is 0 Å². The van der Waals surface area contributed by atoms with Gasteiger partial charge in [-0.25, -0.2) is 5.01 Å². The zero-order valence-corrected chi connectivity index (χ0v) is 10.6. The van der Waals surface area contributed by atoms with Gasteiger partial charge in [0.05, 0.1) is 0 Å². The Hall–Kier alpha value is -0.0800. The minimum atomic E-state index is 0.873. The fourth-order valence-electron chi connectivity index (χ4n) is 3.87. The molecular formula is C14H26N2. The highest BCUT2D eigenvalue weighted by atomic mass is 15.6. The van der Waals surface area contributed by atoms with Gasteiger partial charge in [-0.1, -0.05) is 32.6 Å². The zero-order valence-electron chi connectivity index (χ0n) is 10.6. The molecule has 2 unspecified atom stereocenters. The summed E-state index contributed by atoms with van der Waals surface area (Å²) in [6.45, 7) is 3.62. The Morgan fingerprint density at radius 2 is 1.81 bits per heavy atom. The van der Waals surface area contributed by atoms with E-state index in [1.807, 2.05) is 0 Å². The quantitative estimate of drug-likeness (QED) is 0.790. The molecule has 2 heteroatoms. The van der Waals surface area contributed by atoms with E-state index in [9.17, 15) is 0 Å². The van der Waals surface area contributed by atoms with Crippen LogP contribution in [0.1, 0.15) is 58.3 Å². The molecule has 92 valence electrons. The molecule has 2 saturated carbocycles. The van der Waals surface area contributed by atoms with Gasteiger partial charge in [-0.05, 0) is 37.5 Å². The van der Waals surface area contributed by atoms with Gasteiger partial charge in [0, 0.05) is 18.6 Å². The standard InChI is InChI=1S/C14H26N2/c1-2-11-10-15-16(13-8-9-13)14(11)12-6-4-3-5-7-12/h11-15H,2-10H2,1H3. The van der Waals surface area contributed by atoms with E-state index >= 15 is 0 Å². The van der Waals surface area contributed by atoms with Crippen molar-refractivity contribution >= 4 is 0 Å². The lowest BCUT2D eigenvalue weighted by molar-refractivity contribution is 0.0906. The smallest absolute Gasteiger partial charge is 0.0315 e. The molecule has 0 radical (unpaired) electrons. The molecule has 1 heterocycles. The van der Waals surface area contributed by atoms with Crippen LogP contribution in [0.25, 0.3) is 0 Å². The first kappa shape index (κ1) is 11.0. The topological polar surface area (TPSA) is 15.3 Å². The minimum Gasteiger partial charge on any atom is -0.254 e. The van der Waals surface area contributed by atoms with Gasteiger partial charge in [0.2, 0.25) is 0 Å². The Balaban J connectivity index is 1.70. The molecule has 1 saturated heterocycles. The lowest BCUT2D eigenvalue weighted by Gasteiger charge is -2.36. The fraction of sp³-hybridized carbons (Fsp3) is 1.00. The summed E-state index contributed by atoms with van der Waals surface area (Å²) in [5.41, 5.74) is 3.70. The van der Waals surface area contributed by atoms with Gasteiger partial charge in [0.15, 0.2) is 0 Å². The Kier molecular flexibility index (Phi) is 3.21. The van der Waals surface area contributed by atoms with Gasteiger partial charge in [-0.15, -0.1) is 0 Å². The third-order valence-electron chi connectivity index (χ3n) is 4.94. The molecule has 0 bridgehead atoms. The minimum absolute atomic E-state index is 0.873. The summed E-state index contributed by atoms with van der Waals surface area (Å²) in [4.78, 5) is 0. The molecule has 0 aromatic carbocycles. The molecule has 2 nitrogen and oxygen atoms in total. The van der Waals surface area contributed by atoms with Gasteiger partial charge in [-0.2, -0.15) is 0 Å². The largest absolute Gasteiger partial charge is 0.254 e. The molecule has 1 aliphatic heterocycles. The van der Waals surface area contributed by atoms with E-state index in [4.69, 9.17) is 0 Å². The Morgan fingerprint density at radius 1 is 1.06 bits per heavy atom. The van der Waals surface area contributed by atoms with Crippen LogP contribution in [0, 0.1) is 11.8 Å². The summed E-state index contributed by atoms with van der Waals surface area (Å²) < 4.78 is 0. The first-order valence-corrected chi connectivity index (χ1v) is 7.42. The maximum absolute atomic E-state index is 3.70. The highest BCUT2D eigenvalue weighted by Gasteiger charge is 2.44. The Bertz CT molecular complexity index is 231. The highest BCUT2D eigenvalue weighted by Crippen LogP contribution is 2.40. The van der Waals surface area contributed by atoms with Crippen molar-refractivity contribution < 1.29 is 0 Å². The predicted molar refractivity (Wildman–Crippen MR) is 67.0 cm³/mol. The number of hydrogen-bond donors (Lipinski definition) is 1. The summed E-state index contributed by atoms with van der Waals surface area (Å²) in [6, 6.07) is 1.77. The molecule has 3 fully saturated rings. The average molecular weight is 222 g/mol. The van der Waals surface area contributed by atoms with Crippen LogP contribution in [0.2, 0.25) is 0 Å². The molecule has 16 heavy (non-hydrogen) atoms. The molecule has 0 aromatic rings. The van der Waals surface area contributed by atoms with Crippen LogP contribution in [0.15, 0.2) is 0 Å². The van der Waals surface area contributed by atoms with Crippen molar-refractivity contribution in [1.82, 2.24) is 10.4 Å². The molecule has 0 aromatic heterocycles. The second-order valence-corrected chi connectivity index (χ2v) is 6.06. The Morgan fingerprint density at radius 3 is 2.44 bits per heavy atom. The van der Waals surface area contributed by atoms with Crippen molar-refractivity contribution in [3.63, 3.8) is 0 Å². The van der Waals surface area contributed by atoms with E-state index < -0.39 is 0 Å². The van der Waals surface area contributed by atoms with E-state index in [-0.39, 0.29) is 0 Å². The van der Waals surface area contributed by atoms with Crippen molar-refractivity contribution in [2.75, 3.05) is 6.54 Å². The lowest BCUT2D eigenvalue weighted by atomic mass is 9.78. The van der Waals surface area contributed by atoms with Gasteiger partial charge in [0.1, 0.15) is 0 Å². The van der Waals surface area contributed by atoms with Gasteiger partial charge >= 0.3 is 0 Å². The normalized spacial score (nSPS) is 38.1. The van der Waals surface area contributed by atoms with Crippen LogP contribution >= 0.6 is 0 Å². The third kappa shape index (κ3) is 2.02. The van der Waals surface area contributed by atoms with Crippen LogP contribution in [0.5, 0.6) is 0 Å². The van der Waals surface area contributed by atoms with E-state index in [0.717, 1.165) is 23.9 Å². The zero-order chi connectivity index (χ0) is 11.0. The van der Waals surface area contributed by atoms with E-state index in [1.54, 1.807) is 0 Å². The molecule has 1 N–H and O–H groups in total. The van der Waals surface area contributed by atoms with E-state index in [0.29, 0.717) is 0 Å². The summed E-state index contributed by atoms with van der Waals surface area (Å²) in [7, 11) is 0. The third-order valence-corrected chi connectivity index (χ3v) is 4.94. The monoisotopic (exact) mass is 222 g/mol. The summed E-state index contributed by atoms with van der Waals surface area (Å²) >= 11 is 0. The molecular weight excluding hydrogens is 196 g/mol. The van der Waals surface area contributed by atoms with Gasteiger partial charge in [0.25, 0.3) is 0 Å². The molecule has 2 atom stereocenters. The van der Waals surface area contributed by atoms with Crippen molar-refractivity contribution in [2.24, 2.45) is 11.8 Å². The van der Waals surface area contributed by atoms with Crippen molar-refractivity contribution in [2.45, 2.75) is 70.4 Å². The van der Waals surface area contributed by atoms with E-state index in [1.165, 1.54) is 57.9 Å². The van der Waals surface area contributed by atoms with Crippen LogP contribution < -0.4 is 5.43 Å². The van der Waals surface area contributed by atoms with Crippen molar-refractivity contribution in [3.05, 3.63) is 0 Å². The first-order chi connectivity index (χ1) is 7.90. The van der Waals surface area contributed by atoms with Gasteiger partial charge < -0.3 is 0 Å². The maximum Gasteiger partial charge on any atom is 0.0315 e. The number of hydrazine groups is 1. The first-order valence-electron chi connectivity index (χ1n) is 7.42. The summed E-state index contributed by atoms with van der Waals surface area (Å²) in [6.07, 6.45) is 11.7. The van der Waals surface area contributed by atoms with E-state index in [2.05, 4.69) is 17.4 Å². The number of hydrogen-bond acceptors (Lipinski definition) is 2. The van der Waals surface area contributed by atoms with Crippen LogP contribution in [-0.4, -0.2) is 23.6 Å². The van der Waals surface area contributed by atoms with Crippen LogP contribution in [0.4, 0.5) is 0 Å². The van der Waals surface area contributed by atoms with Crippen LogP contribution in [-0.2, 0) is 0 Å². The van der Waals surface area contributed by atoms with Crippen molar-refractivity contribution in [1.29, 1.82) is 0 Å². The molecule has 0 amide bonds. The molecule has 0 spiro atoms. The summed E-state index contributed by atoms with van der Waals surface area (Å²) in [5.74, 6) is 1.91. The summed E-state index contributed by atoms with van der Waals surface area (Å²) in [5, 5.41) is 2.67. The SMILES string of the molecule is CCC1CNN(C2CC2)C1C1CCCCC1. The average Bonchev–Trinajstić information content (AvgIpc) is 3.09.